The summed E-state index contributed by atoms with van der Waals surface area (Å²) in [7, 11) is 1.22. The first-order chi connectivity index (χ1) is 14.2. The highest BCUT2D eigenvalue weighted by molar-refractivity contribution is 5.95. The Kier molecular flexibility index (Phi) is 8.16. The fraction of sp³-hybridized carbons (Fsp3) is 0.350. The molecule has 1 aliphatic heterocycles. The molecule has 1 aliphatic rings. The predicted octanol–water partition coefficient (Wildman–Crippen LogP) is 3.46. The highest BCUT2D eigenvalue weighted by Gasteiger charge is 2.28. The highest BCUT2D eigenvalue weighted by atomic mass is 19.3. The van der Waals surface area contributed by atoms with Crippen molar-refractivity contribution in [3.8, 4) is 5.75 Å². The van der Waals surface area contributed by atoms with Gasteiger partial charge in [-0.2, -0.15) is 0 Å². The van der Waals surface area contributed by atoms with Crippen molar-refractivity contribution in [2.45, 2.75) is 38.4 Å². The van der Waals surface area contributed by atoms with Crippen molar-refractivity contribution in [1.29, 1.82) is 0 Å². The summed E-state index contributed by atoms with van der Waals surface area (Å²) in [6, 6.07) is 6.65. The Morgan fingerprint density at radius 1 is 1.27 bits per heavy atom. The Morgan fingerprint density at radius 2 is 2.00 bits per heavy atom. The number of rotatable bonds is 5. The number of carbonyl (C=O) groups is 2. The van der Waals surface area contributed by atoms with Crippen molar-refractivity contribution in [3.05, 3.63) is 53.6 Å². The predicted molar refractivity (Wildman–Crippen MR) is 103 cm³/mol. The second kappa shape index (κ2) is 10.6. The largest absolute Gasteiger partial charge is 0.496 e. The van der Waals surface area contributed by atoms with Crippen molar-refractivity contribution in [1.82, 2.24) is 4.98 Å². The van der Waals surface area contributed by atoms with Crippen molar-refractivity contribution in [2.75, 3.05) is 12.4 Å². The highest BCUT2D eigenvalue weighted by Crippen LogP contribution is 2.30. The van der Waals surface area contributed by atoms with E-state index in [-0.39, 0.29) is 23.5 Å². The van der Waals surface area contributed by atoms with Gasteiger partial charge in [-0.25, -0.2) is 18.2 Å². The Morgan fingerprint density at radius 3 is 2.47 bits per heavy atom. The van der Waals surface area contributed by atoms with Gasteiger partial charge >= 0.3 is 0 Å². The van der Waals surface area contributed by atoms with Crippen molar-refractivity contribution in [3.63, 3.8) is 0 Å². The van der Waals surface area contributed by atoms with E-state index >= 15 is 0 Å². The van der Waals surface area contributed by atoms with Gasteiger partial charge in [0, 0.05) is 0 Å². The third kappa shape index (κ3) is 6.18. The van der Waals surface area contributed by atoms with E-state index in [0.717, 1.165) is 18.9 Å². The zero-order valence-electron chi connectivity index (χ0n) is 16.4. The first-order valence-electron chi connectivity index (χ1n) is 9.05. The van der Waals surface area contributed by atoms with Crippen LogP contribution in [-0.4, -0.2) is 36.1 Å². The molecule has 0 saturated carbocycles. The maximum Gasteiger partial charge on any atom is 0.270 e. The van der Waals surface area contributed by atoms with Gasteiger partial charge in [-0.05, 0) is 44.0 Å². The first kappa shape index (κ1) is 23.1. The summed E-state index contributed by atoms with van der Waals surface area (Å²) in [4.78, 5) is 26.5. The number of pyridine rings is 1. The number of primary amides is 1. The fourth-order valence-electron chi connectivity index (χ4n) is 2.74. The van der Waals surface area contributed by atoms with E-state index in [1.807, 2.05) is 6.92 Å². The van der Waals surface area contributed by atoms with Crippen LogP contribution in [0.1, 0.15) is 42.2 Å². The summed E-state index contributed by atoms with van der Waals surface area (Å²) in [5, 5.41) is 2.69. The Hall–Kier alpha value is -3.14. The number of amides is 2. The minimum atomic E-state index is -2.85. The first-order valence-corrected chi connectivity index (χ1v) is 9.05. The maximum absolute atomic E-state index is 12.7. The molecule has 0 bridgehead atoms. The number of nitrogens with two attached hydrogens (primary N) is 1. The third-order valence-corrected chi connectivity index (χ3v) is 4.26. The van der Waals surface area contributed by atoms with E-state index in [1.165, 1.54) is 31.5 Å². The van der Waals surface area contributed by atoms with E-state index in [4.69, 9.17) is 10.5 Å². The topological polar surface area (TPSA) is 104 Å². The van der Waals surface area contributed by atoms with Crippen molar-refractivity contribution in [2.24, 2.45) is 5.73 Å². The molecule has 162 valence electrons. The molecular formula is C20H22F3N3O4. The van der Waals surface area contributed by atoms with Crippen LogP contribution in [0.2, 0.25) is 0 Å². The number of hydrogen-bond donors (Lipinski definition) is 2. The van der Waals surface area contributed by atoms with Crippen LogP contribution in [0, 0.1) is 5.82 Å². The SMILES string of the molecule is CC1CCC(C(=O)Nc2ccc(C(N)=O)nc2)O1.COc1cccc(F)c1C(F)F. The molecule has 3 rings (SSSR count). The summed E-state index contributed by atoms with van der Waals surface area (Å²) in [6.07, 6.45) is -0.124. The molecule has 2 heterocycles. The number of alkyl halides is 2. The monoisotopic (exact) mass is 425 g/mol. The number of halogens is 3. The molecule has 1 aromatic heterocycles. The van der Waals surface area contributed by atoms with Crippen molar-refractivity contribution < 1.29 is 32.2 Å². The molecule has 0 aliphatic carbocycles. The van der Waals surface area contributed by atoms with Gasteiger partial charge in [0.15, 0.2) is 0 Å². The molecule has 1 fully saturated rings. The molecule has 1 aromatic carbocycles. The maximum atomic E-state index is 12.7. The van der Waals surface area contributed by atoms with Gasteiger partial charge in [0.05, 0.1) is 30.7 Å². The summed E-state index contributed by atoms with van der Waals surface area (Å²) < 4.78 is 47.1. The van der Waals surface area contributed by atoms with Gasteiger partial charge in [-0.3, -0.25) is 9.59 Å². The fourth-order valence-corrected chi connectivity index (χ4v) is 2.74. The minimum absolute atomic E-state index is 0.120. The Labute approximate surface area is 171 Å². The lowest BCUT2D eigenvalue weighted by atomic mass is 10.2. The number of hydrogen-bond acceptors (Lipinski definition) is 5. The van der Waals surface area contributed by atoms with Crippen LogP contribution in [0.3, 0.4) is 0 Å². The second-order valence-electron chi connectivity index (χ2n) is 6.45. The van der Waals surface area contributed by atoms with E-state index in [1.54, 1.807) is 6.07 Å². The van der Waals surface area contributed by atoms with Gasteiger partial charge < -0.3 is 20.5 Å². The van der Waals surface area contributed by atoms with Gasteiger partial charge in [0.25, 0.3) is 18.2 Å². The average molecular weight is 425 g/mol. The molecule has 10 heteroatoms. The van der Waals surface area contributed by atoms with Gasteiger partial charge in [0.2, 0.25) is 0 Å². The third-order valence-electron chi connectivity index (χ3n) is 4.26. The Balaban J connectivity index is 0.000000232. The van der Waals surface area contributed by atoms with Crippen LogP contribution in [-0.2, 0) is 9.53 Å². The molecule has 2 atom stereocenters. The van der Waals surface area contributed by atoms with Crippen LogP contribution < -0.4 is 15.8 Å². The molecule has 3 N–H and O–H groups in total. The van der Waals surface area contributed by atoms with E-state index in [9.17, 15) is 22.8 Å². The normalized spacial score (nSPS) is 17.8. The smallest absolute Gasteiger partial charge is 0.270 e. The van der Waals surface area contributed by atoms with E-state index < -0.39 is 29.8 Å². The lowest BCUT2D eigenvalue weighted by Crippen LogP contribution is -2.27. The van der Waals surface area contributed by atoms with Gasteiger partial charge in [-0.15, -0.1) is 0 Å². The molecular weight excluding hydrogens is 403 g/mol. The summed E-state index contributed by atoms with van der Waals surface area (Å²) >= 11 is 0. The van der Waals surface area contributed by atoms with Crippen molar-refractivity contribution >= 4 is 17.5 Å². The molecule has 30 heavy (non-hydrogen) atoms. The van der Waals surface area contributed by atoms with E-state index in [2.05, 4.69) is 15.0 Å². The van der Waals surface area contributed by atoms with Crippen LogP contribution in [0.4, 0.5) is 18.9 Å². The van der Waals surface area contributed by atoms with Gasteiger partial charge in [0.1, 0.15) is 23.4 Å². The molecule has 2 aromatic rings. The molecule has 2 unspecified atom stereocenters. The lowest BCUT2D eigenvalue weighted by Gasteiger charge is -2.11. The number of ether oxygens (including phenoxy) is 2. The van der Waals surface area contributed by atoms with Crippen LogP contribution >= 0.6 is 0 Å². The lowest BCUT2D eigenvalue weighted by molar-refractivity contribution is -0.126. The summed E-state index contributed by atoms with van der Waals surface area (Å²) in [5.74, 6) is -1.84. The quantitative estimate of drug-likeness (QED) is 0.764. The molecule has 0 radical (unpaired) electrons. The molecule has 2 amide bonds. The summed E-state index contributed by atoms with van der Waals surface area (Å²) in [6.45, 7) is 1.94. The van der Waals surface area contributed by atoms with Crippen LogP contribution in [0.15, 0.2) is 36.5 Å². The summed E-state index contributed by atoms with van der Waals surface area (Å²) in [5.41, 5.74) is 5.08. The number of aromatic nitrogens is 1. The number of carbonyl (C=O) groups excluding carboxylic acids is 2. The molecule has 1 saturated heterocycles. The number of nitrogens with zero attached hydrogens (tertiary/aromatic N) is 1. The minimum Gasteiger partial charge on any atom is -0.496 e. The average Bonchev–Trinajstić information content (AvgIpc) is 3.15. The zero-order valence-corrected chi connectivity index (χ0v) is 16.4. The Bertz CT molecular complexity index is 878. The van der Waals surface area contributed by atoms with Gasteiger partial charge in [-0.1, -0.05) is 6.07 Å². The molecule has 7 nitrogen and oxygen atoms in total. The number of anilines is 1. The second-order valence-corrected chi connectivity index (χ2v) is 6.45. The van der Waals surface area contributed by atoms with Crippen LogP contribution in [0.25, 0.3) is 0 Å². The molecule has 0 spiro atoms. The van der Waals surface area contributed by atoms with Crippen LogP contribution in [0.5, 0.6) is 5.75 Å². The number of methoxy groups -OCH3 is 1. The number of benzene rings is 1. The standard InChI is InChI=1S/C12H15N3O3.C8H7F3O/c1-7-2-5-10(18-7)12(17)15-8-3-4-9(11(13)16)14-6-8;1-12-6-4-2-3-5(9)7(6)8(10)11/h3-4,6-7,10H,2,5H2,1H3,(H2,13,16)(H,15,17);2-4,8H,1H3. The van der Waals surface area contributed by atoms with E-state index in [0.29, 0.717) is 5.69 Å². The number of nitrogens with one attached hydrogen (secondary N) is 1. The zero-order chi connectivity index (χ0) is 22.3.